The molecule has 0 bridgehead atoms. The first kappa shape index (κ1) is 31.4. The number of nitrogens with zero attached hydrogens (tertiary/aromatic N) is 2. The maximum Gasteiger partial charge on any atom is 0.416 e. The van der Waals surface area contributed by atoms with Gasteiger partial charge in [0.25, 0.3) is 11.8 Å². The van der Waals surface area contributed by atoms with Gasteiger partial charge in [0.15, 0.2) is 6.61 Å². The molecular weight excluding hydrogens is 585 g/mol. The summed E-state index contributed by atoms with van der Waals surface area (Å²) in [5.41, 5.74) is 1.99. The molecule has 3 aromatic rings. The number of alkyl halides is 3. The highest BCUT2D eigenvalue weighted by atomic mass is 35.5. The summed E-state index contributed by atoms with van der Waals surface area (Å²) in [6.07, 6.45) is -2.75. The third-order valence-corrected chi connectivity index (χ3v) is 7.01. The van der Waals surface area contributed by atoms with Crippen LogP contribution in [0, 0.1) is 0 Å². The minimum absolute atomic E-state index is 0.187. The van der Waals surface area contributed by atoms with Gasteiger partial charge in [-0.1, -0.05) is 41.9 Å². The number of ether oxygens (including phenoxy) is 1. The number of carbonyl (C=O) groups excluding carboxylic acids is 2. The molecule has 218 valence electrons. The third kappa shape index (κ3) is 9.50. The van der Waals surface area contributed by atoms with Gasteiger partial charge in [-0.15, -0.1) is 0 Å². The number of amides is 2. The van der Waals surface area contributed by atoms with Crippen molar-refractivity contribution >= 4 is 45.3 Å². The average molecular weight is 611 g/mol. The second-order valence-electron chi connectivity index (χ2n) is 8.78. The van der Waals surface area contributed by atoms with E-state index in [0.717, 1.165) is 17.9 Å². The van der Waals surface area contributed by atoms with E-state index in [1.165, 1.54) is 6.21 Å². The van der Waals surface area contributed by atoms with E-state index in [9.17, 15) is 31.2 Å². The SMILES string of the molecule is C[C@H](NC(=O)COc1ccc(/C=N\NC(=O)CN(c2cc(C(F)(F)F)ccc2Cl)S(C)(=O)=O)cc1)c1ccccc1. The molecule has 0 aliphatic rings. The summed E-state index contributed by atoms with van der Waals surface area (Å²) in [7, 11) is -4.19. The van der Waals surface area contributed by atoms with E-state index < -0.39 is 39.9 Å². The molecule has 0 saturated heterocycles. The van der Waals surface area contributed by atoms with Gasteiger partial charge in [0.05, 0.1) is 34.8 Å². The van der Waals surface area contributed by atoms with Gasteiger partial charge >= 0.3 is 6.18 Å². The van der Waals surface area contributed by atoms with Gasteiger partial charge in [-0.3, -0.25) is 13.9 Å². The van der Waals surface area contributed by atoms with E-state index in [2.05, 4.69) is 15.8 Å². The van der Waals surface area contributed by atoms with E-state index in [4.69, 9.17) is 16.3 Å². The molecule has 1 atom stereocenters. The van der Waals surface area contributed by atoms with Crippen LogP contribution in [0.4, 0.5) is 18.9 Å². The molecule has 41 heavy (non-hydrogen) atoms. The van der Waals surface area contributed by atoms with E-state index in [1.54, 1.807) is 24.3 Å². The van der Waals surface area contributed by atoms with Crippen molar-refractivity contribution in [2.45, 2.75) is 19.1 Å². The summed E-state index contributed by atoms with van der Waals surface area (Å²) >= 11 is 5.95. The molecular formula is C27H26ClF3N4O5S. The molecule has 3 aromatic carbocycles. The Labute approximate surface area is 240 Å². The molecule has 0 unspecified atom stereocenters. The molecule has 0 fully saturated rings. The smallest absolute Gasteiger partial charge is 0.416 e. The van der Waals surface area contributed by atoms with Crippen LogP contribution in [-0.2, 0) is 25.8 Å². The van der Waals surface area contributed by atoms with Crippen LogP contribution in [0.15, 0.2) is 77.9 Å². The van der Waals surface area contributed by atoms with E-state index >= 15 is 0 Å². The van der Waals surface area contributed by atoms with Gasteiger partial charge in [-0.2, -0.15) is 18.3 Å². The van der Waals surface area contributed by atoms with Gasteiger partial charge in [0.2, 0.25) is 10.0 Å². The molecule has 9 nitrogen and oxygen atoms in total. The van der Waals surface area contributed by atoms with E-state index in [0.29, 0.717) is 27.8 Å². The van der Waals surface area contributed by atoms with Crippen LogP contribution in [0.3, 0.4) is 0 Å². The van der Waals surface area contributed by atoms with Crippen LogP contribution in [0.5, 0.6) is 5.75 Å². The zero-order chi connectivity index (χ0) is 30.2. The highest BCUT2D eigenvalue weighted by Gasteiger charge is 2.33. The van der Waals surface area contributed by atoms with Crippen molar-refractivity contribution in [2.24, 2.45) is 5.10 Å². The highest BCUT2D eigenvalue weighted by molar-refractivity contribution is 7.92. The van der Waals surface area contributed by atoms with Crippen molar-refractivity contribution in [3.63, 3.8) is 0 Å². The Bertz CT molecular complexity index is 1500. The third-order valence-electron chi connectivity index (χ3n) is 5.56. The lowest BCUT2D eigenvalue weighted by Crippen LogP contribution is -2.39. The van der Waals surface area contributed by atoms with Gasteiger partial charge in [-0.05, 0) is 60.5 Å². The van der Waals surface area contributed by atoms with E-state index in [1.807, 2.05) is 37.3 Å². The molecule has 0 saturated carbocycles. The van der Waals surface area contributed by atoms with Crippen molar-refractivity contribution in [3.05, 3.63) is 94.5 Å². The Morgan fingerprint density at radius 2 is 1.71 bits per heavy atom. The second kappa shape index (κ2) is 13.5. The predicted molar refractivity (Wildman–Crippen MR) is 149 cm³/mol. The Balaban J connectivity index is 1.55. The zero-order valence-corrected chi connectivity index (χ0v) is 23.4. The van der Waals surface area contributed by atoms with Crippen LogP contribution in [0.1, 0.15) is 29.7 Å². The Morgan fingerprint density at radius 3 is 2.32 bits per heavy atom. The molecule has 0 aliphatic carbocycles. The Hall–Kier alpha value is -4.10. The molecule has 3 rings (SSSR count). The topological polar surface area (TPSA) is 117 Å². The zero-order valence-electron chi connectivity index (χ0n) is 21.9. The maximum absolute atomic E-state index is 13.1. The summed E-state index contributed by atoms with van der Waals surface area (Å²) in [5.74, 6) is -0.810. The first-order valence-corrected chi connectivity index (χ1v) is 14.2. The number of nitrogens with one attached hydrogen (secondary N) is 2. The fraction of sp³-hybridized carbons (Fsp3) is 0.222. The molecule has 2 amide bonds. The average Bonchev–Trinajstić information content (AvgIpc) is 2.91. The molecule has 0 aromatic heterocycles. The predicted octanol–water partition coefficient (Wildman–Crippen LogP) is 4.53. The molecule has 0 aliphatic heterocycles. The second-order valence-corrected chi connectivity index (χ2v) is 11.1. The van der Waals surface area contributed by atoms with Gasteiger partial charge < -0.3 is 10.1 Å². The number of benzene rings is 3. The van der Waals surface area contributed by atoms with Crippen LogP contribution in [-0.4, -0.2) is 45.9 Å². The summed E-state index contributed by atoms with van der Waals surface area (Å²) in [5, 5.41) is 6.30. The quantitative estimate of drug-likeness (QED) is 0.244. The molecule has 14 heteroatoms. The maximum atomic E-state index is 13.1. The van der Waals surface area contributed by atoms with Crippen LogP contribution < -0.4 is 19.8 Å². The van der Waals surface area contributed by atoms with Crippen molar-refractivity contribution in [1.29, 1.82) is 0 Å². The minimum atomic E-state index is -4.75. The van der Waals surface area contributed by atoms with Gasteiger partial charge in [-0.25, -0.2) is 13.8 Å². The van der Waals surface area contributed by atoms with Crippen LogP contribution in [0.2, 0.25) is 5.02 Å². The van der Waals surface area contributed by atoms with Gasteiger partial charge in [0, 0.05) is 0 Å². The molecule has 0 radical (unpaired) electrons. The standard InChI is InChI=1S/C27H26ClF3N4O5S/c1-18(20-6-4-3-5-7-20)33-26(37)17-40-22-11-8-19(9-12-22)15-32-34-25(36)16-35(41(2,38)39)24-14-21(27(29,30)31)10-13-23(24)28/h3-15,18H,16-17H2,1-2H3,(H,33,37)(H,34,36)/b32-15-/t18-/m0/s1. The summed E-state index contributed by atoms with van der Waals surface area (Å²) < 4.78 is 69.8. The Morgan fingerprint density at radius 1 is 1.05 bits per heavy atom. The molecule has 0 heterocycles. The summed E-state index contributed by atoms with van der Waals surface area (Å²) in [6.45, 7) is 0.793. The first-order chi connectivity index (χ1) is 19.2. The summed E-state index contributed by atoms with van der Waals surface area (Å²) in [6, 6.07) is 17.8. The number of carbonyl (C=O) groups is 2. The number of sulfonamides is 1. The lowest BCUT2D eigenvalue weighted by molar-refractivity contribution is -0.137. The Kier molecular flexibility index (Phi) is 10.4. The fourth-order valence-corrected chi connectivity index (χ4v) is 4.64. The first-order valence-electron chi connectivity index (χ1n) is 12.0. The number of halogens is 4. The lowest BCUT2D eigenvalue weighted by atomic mass is 10.1. The number of rotatable bonds is 11. The molecule has 0 spiro atoms. The largest absolute Gasteiger partial charge is 0.484 e. The normalized spacial score (nSPS) is 12.5. The van der Waals surface area contributed by atoms with Gasteiger partial charge in [0.1, 0.15) is 12.3 Å². The number of anilines is 1. The van der Waals surface area contributed by atoms with E-state index in [-0.39, 0.29) is 23.6 Å². The van der Waals surface area contributed by atoms with Crippen LogP contribution in [0.25, 0.3) is 0 Å². The number of hydrogen-bond donors (Lipinski definition) is 2. The number of hydrogen-bond acceptors (Lipinski definition) is 6. The monoisotopic (exact) mass is 610 g/mol. The fourth-order valence-electron chi connectivity index (χ4n) is 3.51. The molecule has 2 N–H and O–H groups in total. The van der Waals surface area contributed by atoms with Crippen molar-refractivity contribution in [2.75, 3.05) is 23.7 Å². The summed E-state index contributed by atoms with van der Waals surface area (Å²) in [4.78, 5) is 24.6. The van der Waals surface area contributed by atoms with Crippen molar-refractivity contribution in [3.8, 4) is 5.75 Å². The van der Waals surface area contributed by atoms with Crippen LogP contribution >= 0.6 is 11.6 Å². The van der Waals surface area contributed by atoms with Crippen molar-refractivity contribution in [1.82, 2.24) is 10.7 Å². The highest BCUT2D eigenvalue weighted by Crippen LogP contribution is 2.36. The minimum Gasteiger partial charge on any atom is -0.484 e. The lowest BCUT2D eigenvalue weighted by Gasteiger charge is -2.23. The van der Waals surface area contributed by atoms with Crippen molar-refractivity contribution < 1.29 is 35.9 Å². The number of hydrazone groups is 1.